The molecule has 0 bridgehead atoms. The molecular weight excluding hydrogens is 684 g/mol. The van der Waals surface area contributed by atoms with Gasteiger partial charge in [0, 0.05) is 25.7 Å². The van der Waals surface area contributed by atoms with Crippen molar-refractivity contribution >= 4 is 23.9 Å². The van der Waals surface area contributed by atoms with Crippen molar-refractivity contribution in [2.45, 2.75) is 258 Å². The summed E-state index contributed by atoms with van der Waals surface area (Å²) < 4.78 is 22.6. The second kappa shape index (κ2) is 37.7. The lowest BCUT2D eigenvalue weighted by Gasteiger charge is -2.27. The normalized spacial score (nSPS) is 13.5. The first-order chi connectivity index (χ1) is 26.2. The number of esters is 4. The highest BCUT2D eigenvalue weighted by Gasteiger charge is 2.28. The quantitative estimate of drug-likeness (QED) is 0.0369. The molecule has 0 saturated heterocycles. The van der Waals surface area contributed by atoms with Gasteiger partial charge in [-0.15, -0.1) is 0 Å². The highest BCUT2D eigenvalue weighted by atomic mass is 16.6. The van der Waals surface area contributed by atoms with Crippen molar-refractivity contribution in [3.8, 4) is 0 Å². The average molecular weight is 769 g/mol. The van der Waals surface area contributed by atoms with Gasteiger partial charge in [-0.2, -0.15) is 0 Å². The van der Waals surface area contributed by atoms with E-state index in [9.17, 15) is 24.3 Å². The van der Waals surface area contributed by atoms with Gasteiger partial charge in [-0.3, -0.25) is 19.2 Å². The van der Waals surface area contributed by atoms with E-state index in [1.807, 2.05) is 0 Å². The molecule has 0 aromatic heterocycles. The molecule has 0 fully saturated rings. The van der Waals surface area contributed by atoms with E-state index in [0.717, 1.165) is 103 Å². The maximum absolute atomic E-state index is 12.2. The summed E-state index contributed by atoms with van der Waals surface area (Å²) in [5.41, 5.74) is 0. The lowest BCUT2D eigenvalue weighted by atomic mass is 9.99. The number of hydrogen-bond donors (Lipinski definition) is 1. The second-order valence-corrected chi connectivity index (χ2v) is 15.3. The predicted octanol–water partition coefficient (Wildman–Crippen LogP) is 11.8. The molecule has 0 aromatic carbocycles. The molecule has 0 spiro atoms. The van der Waals surface area contributed by atoms with E-state index in [2.05, 4.69) is 13.8 Å². The number of rotatable bonds is 39. The minimum absolute atomic E-state index is 0.134. The molecule has 0 aliphatic heterocycles. The summed E-state index contributed by atoms with van der Waals surface area (Å²) in [5.74, 6) is -0.877. The molecule has 9 nitrogen and oxygen atoms in total. The van der Waals surface area contributed by atoms with Crippen molar-refractivity contribution in [1.29, 1.82) is 0 Å². The molecule has 0 aliphatic rings. The Morgan fingerprint density at radius 1 is 0.389 bits per heavy atom. The van der Waals surface area contributed by atoms with Crippen molar-refractivity contribution < 1.29 is 43.2 Å². The van der Waals surface area contributed by atoms with Crippen LogP contribution in [0.25, 0.3) is 0 Å². The molecule has 54 heavy (non-hydrogen) atoms. The molecule has 0 amide bonds. The third-order valence-electron chi connectivity index (χ3n) is 10.3. The summed E-state index contributed by atoms with van der Waals surface area (Å²) in [5, 5.41) is 10.7. The van der Waals surface area contributed by atoms with Crippen LogP contribution in [0.2, 0.25) is 0 Å². The average Bonchev–Trinajstić information content (AvgIpc) is 3.17. The number of carbonyl (C=O) groups is 4. The number of hydrogen-bond acceptors (Lipinski definition) is 9. The molecule has 9 heteroatoms. The lowest BCUT2D eigenvalue weighted by Crippen LogP contribution is -2.35. The minimum atomic E-state index is -0.601. The Bertz CT molecular complexity index is 908. The monoisotopic (exact) mass is 769 g/mol. The number of aliphatic hydroxyl groups excluding tert-OH is 1. The van der Waals surface area contributed by atoms with E-state index >= 15 is 0 Å². The molecule has 1 N–H and O–H groups in total. The second-order valence-electron chi connectivity index (χ2n) is 15.3. The van der Waals surface area contributed by atoms with Gasteiger partial charge < -0.3 is 24.1 Å². The summed E-state index contributed by atoms with van der Waals surface area (Å²) in [6, 6.07) is 0. The van der Waals surface area contributed by atoms with Gasteiger partial charge in [0.15, 0.2) is 0 Å². The lowest BCUT2D eigenvalue weighted by molar-refractivity contribution is -0.169. The van der Waals surface area contributed by atoms with Gasteiger partial charge in [0.2, 0.25) is 0 Å². The zero-order valence-corrected chi connectivity index (χ0v) is 35.7. The van der Waals surface area contributed by atoms with Crippen molar-refractivity contribution in [1.82, 2.24) is 0 Å². The Morgan fingerprint density at radius 2 is 0.722 bits per heavy atom. The van der Waals surface area contributed by atoms with E-state index in [0.29, 0.717) is 51.6 Å². The van der Waals surface area contributed by atoms with Crippen molar-refractivity contribution in [3.05, 3.63) is 0 Å². The number of unbranched alkanes of at least 4 members (excludes halogenated alkanes) is 19. The van der Waals surface area contributed by atoms with Crippen molar-refractivity contribution in [3.63, 3.8) is 0 Å². The van der Waals surface area contributed by atoms with Gasteiger partial charge in [0.05, 0.1) is 12.7 Å². The molecule has 0 heterocycles. The zero-order chi connectivity index (χ0) is 40.1. The first kappa shape index (κ1) is 51.8. The van der Waals surface area contributed by atoms with Crippen LogP contribution < -0.4 is 0 Å². The highest BCUT2D eigenvalue weighted by molar-refractivity contribution is 5.70. The topological polar surface area (TPSA) is 125 Å². The standard InChI is InChI=1S/C45H84O9/c1-6-11-13-15-21-27-33-39(52-42(47)8-3)38(46)32-26-20-17-18-25-31-37-51-45(50)36-30-24-19-23-29-35-41(54-44(49)10-5)40(53-43(48)9-4)34-28-22-16-14-12-7-2/h38-41,46H,6-37H2,1-5H3. The summed E-state index contributed by atoms with van der Waals surface area (Å²) in [6.07, 6.45) is 26.7. The maximum atomic E-state index is 12.2. The smallest absolute Gasteiger partial charge is 0.305 e. The Kier molecular flexibility index (Phi) is 36.2. The van der Waals surface area contributed by atoms with Crippen LogP contribution in [0.5, 0.6) is 0 Å². The third-order valence-corrected chi connectivity index (χ3v) is 10.3. The zero-order valence-electron chi connectivity index (χ0n) is 35.7. The summed E-state index contributed by atoms with van der Waals surface area (Å²) in [6.45, 7) is 10.2. The largest absolute Gasteiger partial charge is 0.466 e. The van der Waals surface area contributed by atoms with Gasteiger partial charge in [-0.25, -0.2) is 0 Å². The van der Waals surface area contributed by atoms with Crippen LogP contribution in [0.3, 0.4) is 0 Å². The molecule has 4 unspecified atom stereocenters. The van der Waals surface area contributed by atoms with Gasteiger partial charge in [-0.1, -0.05) is 150 Å². The Balaban J connectivity index is 4.19. The molecule has 4 atom stereocenters. The van der Waals surface area contributed by atoms with Crippen LogP contribution in [-0.2, 0) is 38.1 Å². The fourth-order valence-corrected chi connectivity index (χ4v) is 6.73. The number of aliphatic hydroxyl groups is 1. The highest BCUT2D eigenvalue weighted by Crippen LogP contribution is 2.22. The van der Waals surface area contributed by atoms with Gasteiger partial charge in [0.25, 0.3) is 0 Å². The van der Waals surface area contributed by atoms with Crippen LogP contribution in [0.1, 0.15) is 234 Å². The Hall–Kier alpha value is -2.16. The Morgan fingerprint density at radius 3 is 1.15 bits per heavy atom. The third kappa shape index (κ3) is 31.1. The molecule has 318 valence electrons. The minimum Gasteiger partial charge on any atom is -0.466 e. The molecule has 0 saturated carbocycles. The number of ether oxygens (including phenoxy) is 4. The maximum Gasteiger partial charge on any atom is 0.305 e. The predicted molar refractivity (Wildman–Crippen MR) is 218 cm³/mol. The van der Waals surface area contributed by atoms with Crippen LogP contribution in [-0.4, -0.2) is 60.0 Å². The fourth-order valence-electron chi connectivity index (χ4n) is 6.73. The van der Waals surface area contributed by atoms with Gasteiger partial charge in [-0.05, 0) is 57.8 Å². The summed E-state index contributed by atoms with van der Waals surface area (Å²) in [7, 11) is 0. The van der Waals surface area contributed by atoms with Crippen LogP contribution in [0.15, 0.2) is 0 Å². The van der Waals surface area contributed by atoms with E-state index in [1.165, 1.54) is 51.4 Å². The summed E-state index contributed by atoms with van der Waals surface area (Å²) >= 11 is 0. The van der Waals surface area contributed by atoms with Crippen LogP contribution in [0.4, 0.5) is 0 Å². The van der Waals surface area contributed by atoms with Crippen molar-refractivity contribution in [2.75, 3.05) is 6.61 Å². The Labute approximate surface area is 331 Å². The molecule has 0 aliphatic carbocycles. The van der Waals surface area contributed by atoms with Crippen LogP contribution in [0, 0.1) is 0 Å². The number of carbonyl (C=O) groups excluding carboxylic acids is 4. The fraction of sp³-hybridized carbons (Fsp3) is 0.911. The van der Waals surface area contributed by atoms with Gasteiger partial charge >= 0.3 is 23.9 Å². The first-order valence-corrected chi connectivity index (χ1v) is 22.6. The van der Waals surface area contributed by atoms with E-state index in [-0.39, 0.29) is 23.9 Å². The van der Waals surface area contributed by atoms with E-state index in [4.69, 9.17) is 18.9 Å². The SMILES string of the molecule is CCCCCCCCC(OC(=O)CC)C(O)CCCCCCCCOC(=O)CCCCCCCC(OC(=O)CC)C(CCCCCCCC)OC(=O)CC. The molecule has 0 radical (unpaired) electrons. The summed E-state index contributed by atoms with van der Waals surface area (Å²) in [4.78, 5) is 48.6. The van der Waals surface area contributed by atoms with Crippen LogP contribution >= 0.6 is 0 Å². The molecule has 0 rings (SSSR count). The van der Waals surface area contributed by atoms with Gasteiger partial charge in [0.1, 0.15) is 18.3 Å². The first-order valence-electron chi connectivity index (χ1n) is 22.6. The molecule has 0 aromatic rings. The van der Waals surface area contributed by atoms with Crippen molar-refractivity contribution in [2.24, 2.45) is 0 Å². The molecular formula is C45H84O9. The van der Waals surface area contributed by atoms with E-state index in [1.54, 1.807) is 20.8 Å². The van der Waals surface area contributed by atoms with E-state index < -0.39 is 24.4 Å².